The molecule has 1 amide bonds. The van der Waals surface area contributed by atoms with E-state index in [1.165, 1.54) is 12.8 Å². The molecule has 0 saturated carbocycles. The lowest BCUT2D eigenvalue weighted by molar-refractivity contribution is 0.0936. The number of nitrogens with zero attached hydrogens (tertiary/aromatic N) is 2. The molecule has 1 saturated heterocycles. The van der Waals surface area contributed by atoms with Crippen molar-refractivity contribution in [3.05, 3.63) is 18.0 Å². The molecular weight excluding hydrogens is 204 g/mol. The van der Waals surface area contributed by atoms with E-state index >= 15 is 0 Å². The summed E-state index contributed by atoms with van der Waals surface area (Å²) in [5.74, 6) is -0.0690. The van der Waals surface area contributed by atoms with Crippen molar-refractivity contribution in [1.82, 2.24) is 20.4 Å². The number of carbonyl (C=O) groups excluding carboxylic acids is 1. The van der Waals surface area contributed by atoms with Crippen LogP contribution >= 0.6 is 0 Å². The molecule has 88 valence electrons. The van der Waals surface area contributed by atoms with Gasteiger partial charge >= 0.3 is 0 Å². The van der Waals surface area contributed by atoms with E-state index in [0.717, 1.165) is 19.6 Å². The summed E-state index contributed by atoms with van der Waals surface area (Å²) < 4.78 is 0. The van der Waals surface area contributed by atoms with Gasteiger partial charge in [0.05, 0.1) is 0 Å². The summed E-state index contributed by atoms with van der Waals surface area (Å²) in [6.45, 7) is 5.10. The van der Waals surface area contributed by atoms with Gasteiger partial charge in [-0.05, 0) is 32.0 Å². The molecule has 0 aromatic carbocycles. The van der Waals surface area contributed by atoms with Gasteiger partial charge in [-0.1, -0.05) is 6.92 Å². The lowest BCUT2D eigenvalue weighted by Crippen LogP contribution is -2.40. The largest absolute Gasteiger partial charge is 0.349 e. The van der Waals surface area contributed by atoms with Crippen molar-refractivity contribution in [2.45, 2.75) is 25.8 Å². The van der Waals surface area contributed by atoms with E-state index in [2.05, 4.69) is 27.3 Å². The van der Waals surface area contributed by atoms with Crippen molar-refractivity contribution in [3.8, 4) is 0 Å². The fourth-order valence-electron chi connectivity index (χ4n) is 2.23. The Morgan fingerprint density at radius 3 is 3.31 bits per heavy atom. The molecule has 16 heavy (non-hydrogen) atoms. The first-order valence-corrected chi connectivity index (χ1v) is 5.83. The zero-order valence-electron chi connectivity index (χ0n) is 9.57. The number of hydrogen-bond donors (Lipinski definition) is 2. The van der Waals surface area contributed by atoms with E-state index in [-0.39, 0.29) is 5.91 Å². The van der Waals surface area contributed by atoms with Gasteiger partial charge in [0, 0.05) is 18.8 Å². The summed E-state index contributed by atoms with van der Waals surface area (Å²) in [5.41, 5.74) is 0.529. The standard InChI is InChI=1S/C11H18N4O/c1-2-15-7-3-4-9(15)8-12-11(16)10-5-6-13-14-10/h5-6,9H,2-4,7-8H2,1H3,(H,12,16)(H,13,14)/t9-/m1/s1. The summed E-state index contributed by atoms with van der Waals surface area (Å²) in [6.07, 6.45) is 4.00. The Morgan fingerprint density at radius 2 is 2.62 bits per heavy atom. The van der Waals surface area contributed by atoms with Crippen molar-refractivity contribution in [2.24, 2.45) is 0 Å². The first kappa shape index (κ1) is 11.1. The van der Waals surface area contributed by atoms with Crippen LogP contribution in [0.25, 0.3) is 0 Å². The number of H-pyrrole nitrogens is 1. The molecule has 2 N–H and O–H groups in total. The maximum Gasteiger partial charge on any atom is 0.269 e. The van der Waals surface area contributed by atoms with E-state index in [0.29, 0.717) is 11.7 Å². The van der Waals surface area contributed by atoms with Crippen LogP contribution in [0.15, 0.2) is 12.3 Å². The second kappa shape index (κ2) is 5.12. The minimum absolute atomic E-state index is 0.0690. The number of aromatic amines is 1. The van der Waals surface area contributed by atoms with Gasteiger partial charge in [0.1, 0.15) is 5.69 Å². The van der Waals surface area contributed by atoms with Crippen molar-refractivity contribution < 1.29 is 4.79 Å². The average molecular weight is 222 g/mol. The lowest BCUT2D eigenvalue weighted by atomic mass is 10.2. The molecule has 1 aliphatic rings. The van der Waals surface area contributed by atoms with E-state index in [1.807, 2.05) is 0 Å². The third kappa shape index (κ3) is 2.41. The van der Waals surface area contributed by atoms with Crippen molar-refractivity contribution in [1.29, 1.82) is 0 Å². The van der Waals surface area contributed by atoms with Gasteiger partial charge in [0.15, 0.2) is 0 Å². The van der Waals surface area contributed by atoms with Gasteiger partial charge in [0.2, 0.25) is 0 Å². The van der Waals surface area contributed by atoms with Crippen molar-refractivity contribution in [2.75, 3.05) is 19.6 Å². The quantitative estimate of drug-likeness (QED) is 0.785. The highest BCUT2D eigenvalue weighted by atomic mass is 16.1. The number of nitrogens with one attached hydrogen (secondary N) is 2. The third-order valence-corrected chi connectivity index (χ3v) is 3.15. The summed E-state index contributed by atoms with van der Waals surface area (Å²) >= 11 is 0. The second-order valence-corrected chi connectivity index (χ2v) is 4.10. The molecule has 0 bridgehead atoms. The van der Waals surface area contributed by atoms with Crippen LogP contribution in [-0.4, -0.2) is 46.7 Å². The van der Waals surface area contributed by atoms with E-state index < -0.39 is 0 Å². The summed E-state index contributed by atoms with van der Waals surface area (Å²) in [6, 6.07) is 2.18. The molecule has 1 aliphatic heterocycles. The number of hydrogen-bond acceptors (Lipinski definition) is 3. The first-order chi connectivity index (χ1) is 7.81. The maximum absolute atomic E-state index is 11.7. The monoisotopic (exact) mass is 222 g/mol. The predicted molar refractivity (Wildman–Crippen MR) is 61.2 cm³/mol. The Bertz CT molecular complexity index is 336. The van der Waals surface area contributed by atoms with Crippen molar-refractivity contribution >= 4 is 5.91 Å². The van der Waals surface area contributed by atoms with Gasteiger partial charge in [-0.3, -0.25) is 14.8 Å². The highest BCUT2D eigenvalue weighted by Gasteiger charge is 2.23. The zero-order valence-corrected chi connectivity index (χ0v) is 9.57. The van der Waals surface area contributed by atoms with Gasteiger partial charge < -0.3 is 5.32 Å². The van der Waals surface area contributed by atoms with Crippen LogP contribution in [-0.2, 0) is 0 Å². The van der Waals surface area contributed by atoms with Crippen LogP contribution in [0, 0.1) is 0 Å². The van der Waals surface area contributed by atoms with E-state index in [9.17, 15) is 4.79 Å². The lowest BCUT2D eigenvalue weighted by Gasteiger charge is -2.22. The Balaban J connectivity index is 1.81. The molecule has 1 aromatic rings. The number of rotatable bonds is 4. The summed E-state index contributed by atoms with van der Waals surface area (Å²) in [7, 11) is 0. The zero-order chi connectivity index (χ0) is 11.4. The third-order valence-electron chi connectivity index (χ3n) is 3.15. The van der Waals surface area contributed by atoms with Gasteiger partial charge in [-0.15, -0.1) is 0 Å². The fraction of sp³-hybridized carbons (Fsp3) is 0.636. The highest BCUT2D eigenvalue weighted by Crippen LogP contribution is 2.15. The molecule has 0 spiro atoms. The molecule has 0 unspecified atom stereocenters. The molecule has 1 atom stereocenters. The second-order valence-electron chi connectivity index (χ2n) is 4.10. The Kier molecular flexibility index (Phi) is 3.56. The van der Waals surface area contributed by atoms with Crippen LogP contribution in [0.1, 0.15) is 30.3 Å². The molecule has 5 nitrogen and oxygen atoms in total. The number of likely N-dealkylation sites (N-methyl/N-ethyl adjacent to an activating group) is 1. The number of aromatic nitrogens is 2. The smallest absolute Gasteiger partial charge is 0.269 e. The molecule has 2 heterocycles. The highest BCUT2D eigenvalue weighted by molar-refractivity contribution is 5.92. The molecule has 5 heteroatoms. The van der Waals surface area contributed by atoms with Gasteiger partial charge in [0.25, 0.3) is 5.91 Å². The molecule has 1 aromatic heterocycles. The molecule has 0 aliphatic carbocycles. The van der Waals surface area contributed by atoms with E-state index in [4.69, 9.17) is 0 Å². The minimum Gasteiger partial charge on any atom is -0.349 e. The van der Waals surface area contributed by atoms with Crippen LogP contribution in [0.4, 0.5) is 0 Å². The summed E-state index contributed by atoms with van der Waals surface area (Å²) in [4.78, 5) is 14.1. The number of amides is 1. The normalized spacial score (nSPS) is 21.2. The number of carbonyl (C=O) groups is 1. The average Bonchev–Trinajstić information content (AvgIpc) is 2.96. The topological polar surface area (TPSA) is 61.0 Å². The van der Waals surface area contributed by atoms with Crippen LogP contribution in [0.5, 0.6) is 0 Å². The molecular formula is C11H18N4O. The Hall–Kier alpha value is -1.36. The Labute approximate surface area is 95.2 Å². The van der Waals surface area contributed by atoms with Crippen LogP contribution < -0.4 is 5.32 Å². The molecule has 2 rings (SSSR count). The Morgan fingerprint density at radius 1 is 1.75 bits per heavy atom. The maximum atomic E-state index is 11.7. The first-order valence-electron chi connectivity index (χ1n) is 5.83. The molecule has 0 radical (unpaired) electrons. The van der Waals surface area contributed by atoms with Gasteiger partial charge in [-0.25, -0.2) is 0 Å². The SMILES string of the molecule is CCN1CCC[C@@H]1CNC(=O)c1ccn[nH]1. The molecule has 1 fully saturated rings. The summed E-state index contributed by atoms with van der Waals surface area (Å²) in [5, 5.41) is 9.36. The van der Waals surface area contributed by atoms with E-state index in [1.54, 1.807) is 12.3 Å². The predicted octanol–water partition coefficient (Wildman–Crippen LogP) is 0.624. The minimum atomic E-state index is -0.0690. The number of likely N-dealkylation sites (tertiary alicyclic amines) is 1. The van der Waals surface area contributed by atoms with Crippen LogP contribution in [0.2, 0.25) is 0 Å². The fourth-order valence-corrected chi connectivity index (χ4v) is 2.23. The van der Waals surface area contributed by atoms with Gasteiger partial charge in [-0.2, -0.15) is 5.10 Å². The van der Waals surface area contributed by atoms with Crippen LogP contribution in [0.3, 0.4) is 0 Å². The van der Waals surface area contributed by atoms with Crippen molar-refractivity contribution in [3.63, 3.8) is 0 Å².